The highest BCUT2D eigenvalue weighted by atomic mass is 19.1. The van der Waals surface area contributed by atoms with Gasteiger partial charge >= 0.3 is 0 Å². The van der Waals surface area contributed by atoms with Crippen LogP contribution in [0.1, 0.15) is 32.6 Å². The van der Waals surface area contributed by atoms with Gasteiger partial charge in [-0.3, -0.25) is 0 Å². The number of nitrogens with zero attached hydrogens (tertiary/aromatic N) is 5. The number of hydrogen-bond acceptors (Lipinski definition) is 4. The molecule has 2 aromatic heterocycles. The maximum absolute atomic E-state index is 13.5. The first-order chi connectivity index (χ1) is 11.8. The third-order valence-electron chi connectivity index (χ3n) is 4.77. The zero-order valence-corrected chi connectivity index (χ0v) is 13.7. The summed E-state index contributed by atoms with van der Waals surface area (Å²) in [6, 6.07) is 6.90. The van der Waals surface area contributed by atoms with Crippen molar-refractivity contribution in [3.8, 4) is 5.69 Å². The summed E-state index contributed by atoms with van der Waals surface area (Å²) in [4.78, 5) is 11.3. The fourth-order valence-electron chi connectivity index (χ4n) is 3.56. The molecule has 0 amide bonds. The van der Waals surface area contributed by atoms with Crippen LogP contribution in [0.25, 0.3) is 16.7 Å². The van der Waals surface area contributed by atoms with Crippen molar-refractivity contribution in [1.29, 1.82) is 0 Å². The number of fused-ring (bicyclic) bond motifs is 1. The number of halogens is 1. The standard InChI is InChI=1S/C18H20FN5/c1-2-14-7-3-4-9-23(14)17-16-11-22-24(18(16)21-12-20-17)15-8-5-6-13(19)10-15/h5-6,8,10-12,14H,2-4,7,9H2,1H3. The maximum atomic E-state index is 13.5. The van der Waals surface area contributed by atoms with Crippen molar-refractivity contribution < 1.29 is 4.39 Å². The molecule has 0 radical (unpaired) electrons. The van der Waals surface area contributed by atoms with Crippen LogP contribution in [0.15, 0.2) is 36.8 Å². The van der Waals surface area contributed by atoms with E-state index in [9.17, 15) is 4.39 Å². The molecule has 1 atom stereocenters. The predicted octanol–water partition coefficient (Wildman–Crippen LogP) is 3.72. The molecule has 0 saturated carbocycles. The van der Waals surface area contributed by atoms with Crippen LogP contribution in [0, 0.1) is 5.82 Å². The van der Waals surface area contributed by atoms with Crippen LogP contribution in [0.4, 0.5) is 10.2 Å². The Morgan fingerprint density at radius 1 is 1.25 bits per heavy atom. The van der Waals surface area contributed by atoms with Crippen LogP contribution >= 0.6 is 0 Å². The predicted molar refractivity (Wildman–Crippen MR) is 91.9 cm³/mol. The quantitative estimate of drug-likeness (QED) is 0.736. The van der Waals surface area contributed by atoms with Gasteiger partial charge in [-0.15, -0.1) is 0 Å². The number of anilines is 1. The number of hydrogen-bond donors (Lipinski definition) is 0. The summed E-state index contributed by atoms with van der Waals surface area (Å²) in [6.07, 6.45) is 8.11. The zero-order chi connectivity index (χ0) is 16.5. The Labute approximate surface area is 140 Å². The molecule has 5 nitrogen and oxygen atoms in total. The molecule has 4 rings (SSSR count). The molecule has 1 saturated heterocycles. The first-order valence-electron chi connectivity index (χ1n) is 8.49. The lowest BCUT2D eigenvalue weighted by molar-refractivity contribution is 0.448. The van der Waals surface area contributed by atoms with Gasteiger partial charge in [0.15, 0.2) is 5.65 Å². The normalized spacial score (nSPS) is 18.2. The van der Waals surface area contributed by atoms with Gasteiger partial charge in [0.1, 0.15) is 18.0 Å². The molecule has 1 aliphatic rings. The Hall–Kier alpha value is -2.50. The van der Waals surface area contributed by atoms with Gasteiger partial charge in [-0.1, -0.05) is 13.0 Å². The van der Waals surface area contributed by atoms with Crippen molar-refractivity contribution >= 4 is 16.9 Å². The summed E-state index contributed by atoms with van der Waals surface area (Å²) in [5.41, 5.74) is 1.38. The number of aromatic nitrogens is 4. The molecule has 3 heterocycles. The average Bonchev–Trinajstić information content (AvgIpc) is 3.06. The fraction of sp³-hybridized carbons (Fsp3) is 0.389. The maximum Gasteiger partial charge on any atom is 0.168 e. The van der Waals surface area contributed by atoms with E-state index in [-0.39, 0.29) is 5.82 Å². The fourth-order valence-corrected chi connectivity index (χ4v) is 3.56. The van der Waals surface area contributed by atoms with Gasteiger partial charge in [-0.2, -0.15) is 5.10 Å². The Balaban J connectivity index is 1.82. The first kappa shape index (κ1) is 15.1. The molecule has 0 N–H and O–H groups in total. The summed E-state index contributed by atoms with van der Waals surface area (Å²) in [5, 5.41) is 5.35. The van der Waals surface area contributed by atoms with Crippen molar-refractivity contribution in [1.82, 2.24) is 19.7 Å². The first-order valence-corrected chi connectivity index (χ1v) is 8.49. The second-order valence-electron chi connectivity index (χ2n) is 6.22. The molecule has 1 fully saturated rings. The summed E-state index contributed by atoms with van der Waals surface area (Å²) in [6.45, 7) is 3.23. The van der Waals surface area contributed by atoms with E-state index >= 15 is 0 Å². The minimum atomic E-state index is -0.285. The van der Waals surface area contributed by atoms with Gasteiger partial charge in [0.25, 0.3) is 0 Å². The van der Waals surface area contributed by atoms with E-state index in [1.165, 1.54) is 31.4 Å². The van der Waals surface area contributed by atoms with E-state index in [2.05, 4.69) is 26.9 Å². The third-order valence-corrected chi connectivity index (χ3v) is 4.77. The average molecular weight is 325 g/mol. The summed E-state index contributed by atoms with van der Waals surface area (Å²) >= 11 is 0. The molecule has 0 aliphatic carbocycles. The Bertz CT molecular complexity index is 859. The molecule has 1 unspecified atom stereocenters. The second-order valence-corrected chi connectivity index (χ2v) is 6.22. The molecule has 124 valence electrons. The highest BCUT2D eigenvalue weighted by Gasteiger charge is 2.25. The smallest absolute Gasteiger partial charge is 0.168 e. The number of benzene rings is 1. The highest BCUT2D eigenvalue weighted by Crippen LogP contribution is 2.30. The molecule has 1 aliphatic heterocycles. The van der Waals surface area contributed by atoms with E-state index in [0.717, 1.165) is 24.2 Å². The van der Waals surface area contributed by atoms with Crippen molar-refractivity contribution in [3.63, 3.8) is 0 Å². The SMILES string of the molecule is CCC1CCCCN1c1ncnc2c1cnn2-c1cccc(F)c1. The number of rotatable bonds is 3. The molecule has 1 aromatic carbocycles. The van der Waals surface area contributed by atoms with Crippen LogP contribution < -0.4 is 4.90 Å². The molecule has 3 aromatic rings. The Kier molecular flexibility index (Phi) is 3.88. The van der Waals surface area contributed by atoms with Gasteiger partial charge < -0.3 is 4.90 Å². The molecule has 6 heteroatoms. The van der Waals surface area contributed by atoms with Crippen LogP contribution in [0.5, 0.6) is 0 Å². The van der Waals surface area contributed by atoms with Crippen molar-refractivity contribution in [3.05, 3.63) is 42.6 Å². The van der Waals surface area contributed by atoms with E-state index in [1.54, 1.807) is 23.3 Å². The van der Waals surface area contributed by atoms with Gasteiger partial charge in [0.05, 0.1) is 17.3 Å². The topological polar surface area (TPSA) is 46.8 Å². The minimum absolute atomic E-state index is 0.285. The van der Waals surface area contributed by atoms with Gasteiger partial charge in [0.2, 0.25) is 0 Å². The molecule has 24 heavy (non-hydrogen) atoms. The van der Waals surface area contributed by atoms with Crippen molar-refractivity contribution in [2.24, 2.45) is 0 Å². The monoisotopic (exact) mass is 325 g/mol. The lowest BCUT2D eigenvalue weighted by Gasteiger charge is -2.36. The largest absolute Gasteiger partial charge is 0.353 e. The summed E-state index contributed by atoms with van der Waals surface area (Å²) in [5.74, 6) is 0.654. The summed E-state index contributed by atoms with van der Waals surface area (Å²) in [7, 11) is 0. The van der Waals surface area contributed by atoms with Crippen LogP contribution in [0.2, 0.25) is 0 Å². The van der Waals surface area contributed by atoms with E-state index in [0.29, 0.717) is 17.4 Å². The molecule has 0 bridgehead atoms. The van der Waals surface area contributed by atoms with Crippen molar-refractivity contribution in [2.75, 3.05) is 11.4 Å². The Morgan fingerprint density at radius 3 is 3.00 bits per heavy atom. The van der Waals surface area contributed by atoms with Gasteiger partial charge in [0, 0.05) is 12.6 Å². The van der Waals surface area contributed by atoms with Crippen LogP contribution in [-0.4, -0.2) is 32.3 Å². The Morgan fingerprint density at radius 2 is 2.17 bits per heavy atom. The minimum Gasteiger partial charge on any atom is -0.353 e. The van der Waals surface area contributed by atoms with Crippen LogP contribution in [0.3, 0.4) is 0 Å². The van der Waals surface area contributed by atoms with E-state index in [1.807, 2.05) is 6.07 Å². The van der Waals surface area contributed by atoms with Gasteiger partial charge in [-0.25, -0.2) is 19.0 Å². The summed E-state index contributed by atoms with van der Waals surface area (Å²) < 4.78 is 15.2. The molecular formula is C18H20FN5. The van der Waals surface area contributed by atoms with E-state index in [4.69, 9.17) is 0 Å². The lowest BCUT2D eigenvalue weighted by atomic mass is 10.00. The lowest BCUT2D eigenvalue weighted by Crippen LogP contribution is -2.39. The molecule has 0 spiro atoms. The molecular weight excluding hydrogens is 305 g/mol. The third kappa shape index (κ3) is 2.52. The van der Waals surface area contributed by atoms with Crippen molar-refractivity contribution in [2.45, 2.75) is 38.6 Å². The second kappa shape index (κ2) is 6.19. The van der Waals surface area contributed by atoms with Crippen LogP contribution in [-0.2, 0) is 0 Å². The van der Waals surface area contributed by atoms with E-state index < -0.39 is 0 Å². The zero-order valence-electron chi connectivity index (χ0n) is 13.7. The highest BCUT2D eigenvalue weighted by molar-refractivity contribution is 5.87. The number of piperidine rings is 1. The van der Waals surface area contributed by atoms with Gasteiger partial charge in [-0.05, 0) is 43.9 Å².